The van der Waals surface area contributed by atoms with Gasteiger partial charge in [0.15, 0.2) is 0 Å². The number of hydrogen-bond acceptors (Lipinski definition) is 3. The maximum absolute atomic E-state index is 12.1. The van der Waals surface area contributed by atoms with E-state index in [1.54, 1.807) is 11.8 Å². The smallest absolute Gasteiger partial charge is 0.223 e. The van der Waals surface area contributed by atoms with Crippen molar-refractivity contribution in [2.75, 3.05) is 25.4 Å². The third-order valence-corrected chi connectivity index (χ3v) is 4.44. The fourth-order valence-corrected chi connectivity index (χ4v) is 3.09. The van der Waals surface area contributed by atoms with Crippen molar-refractivity contribution < 1.29 is 4.79 Å². The number of carbonyl (C=O) groups excluding carboxylic acids is 1. The topological polar surface area (TPSA) is 32.3 Å². The summed E-state index contributed by atoms with van der Waals surface area (Å²) in [6.45, 7) is 6.87. The molecule has 1 aromatic rings. The molecule has 0 radical (unpaired) electrons. The molecular weight excluding hydrogens is 256 g/mol. The maximum atomic E-state index is 12.1. The number of thioether (sulfide) groups is 1. The van der Waals surface area contributed by atoms with E-state index < -0.39 is 0 Å². The van der Waals surface area contributed by atoms with Crippen molar-refractivity contribution in [1.29, 1.82) is 0 Å². The molecule has 1 aliphatic heterocycles. The standard InChI is InChI=1S/C15H22N2OS/c1-12-3-5-14(6-4-12)19-10-7-15(18)17-9-8-16-11-13(17)2/h3-6,13,16H,7-11H2,1-2H3/t13-/m0/s1. The number of nitrogens with zero attached hydrogens (tertiary/aromatic N) is 1. The van der Waals surface area contributed by atoms with Gasteiger partial charge in [0.2, 0.25) is 5.91 Å². The molecule has 0 spiro atoms. The minimum Gasteiger partial charge on any atom is -0.337 e. The first-order valence-corrected chi connectivity index (χ1v) is 7.85. The SMILES string of the molecule is Cc1ccc(SCCC(=O)N2CCNC[C@@H]2C)cc1. The summed E-state index contributed by atoms with van der Waals surface area (Å²) in [5.74, 6) is 1.15. The van der Waals surface area contributed by atoms with Gasteiger partial charge in [-0.1, -0.05) is 17.7 Å². The van der Waals surface area contributed by atoms with E-state index in [1.807, 2.05) is 4.90 Å². The first-order valence-electron chi connectivity index (χ1n) is 6.86. The molecule has 19 heavy (non-hydrogen) atoms. The van der Waals surface area contributed by atoms with Gasteiger partial charge in [0, 0.05) is 42.7 Å². The van der Waals surface area contributed by atoms with Crippen LogP contribution in [0.1, 0.15) is 18.9 Å². The molecule has 1 saturated heterocycles. The number of nitrogens with one attached hydrogen (secondary N) is 1. The van der Waals surface area contributed by atoms with Gasteiger partial charge in [0.25, 0.3) is 0 Å². The quantitative estimate of drug-likeness (QED) is 0.858. The van der Waals surface area contributed by atoms with Crippen molar-refractivity contribution in [3.63, 3.8) is 0 Å². The Morgan fingerprint density at radius 2 is 2.16 bits per heavy atom. The van der Waals surface area contributed by atoms with Crippen LogP contribution in [0.3, 0.4) is 0 Å². The van der Waals surface area contributed by atoms with E-state index in [1.165, 1.54) is 10.5 Å². The highest BCUT2D eigenvalue weighted by Gasteiger charge is 2.22. The lowest BCUT2D eigenvalue weighted by molar-refractivity contribution is -0.133. The molecule has 1 N–H and O–H groups in total. The van der Waals surface area contributed by atoms with Crippen molar-refractivity contribution in [2.24, 2.45) is 0 Å². The van der Waals surface area contributed by atoms with Crippen LogP contribution in [0.5, 0.6) is 0 Å². The molecule has 1 fully saturated rings. The second-order valence-corrected chi connectivity index (χ2v) is 6.22. The Hall–Kier alpha value is -1.00. The third kappa shape index (κ3) is 4.25. The summed E-state index contributed by atoms with van der Waals surface area (Å²) in [6.07, 6.45) is 0.628. The van der Waals surface area contributed by atoms with Crippen molar-refractivity contribution >= 4 is 17.7 Å². The lowest BCUT2D eigenvalue weighted by atomic mass is 10.2. The maximum Gasteiger partial charge on any atom is 0.223 e. The number of carbonyl (C=O) groups is 1. The second-order valence-electron chi connectivity index (χ2n) is 5.05. The van der Waals surface area contributed by atoms with Gasteiger partial charge in [-0.2, -0.15) is 0 Å². The number of piperazine rings is 1. The van der Waals surface area contributed by atoms with Crippen LogP contribution < -0.4 is 5.32 Å². The van der Waals surface area contributed by atoms with E-state index in [-0.39, 0.29) is 5.91 Å². The Balaban J connectivity index is 1.75. The third-order valence-electron chi connectivity index (χ3n) is 3.43. The fraction of sp³-hybridized carbons (Fsp3) is 0.533. The van der Waals surface area contributed by atoms with Crippen LogP contribution in [-0.2, 0) is 4.79 Å². The molecule has 0 aliphatic carbocycles. The van der Waals surface area contributed by atoms with Crippen LogP contribution in [0.15, 0.2) is 29.2 Å². The molecule has 0 unspecified atom stereocenters. The highest BCUT2D eigenvalue weighted by Crippen LogP contribution is 2.19. The molecule has 0 aromatic heterocycles. The van der Waals surface area contributed by atoms with Gasteiger partial charge >= 0.3 is 0 Å². The molecule has 4 heteroatoms. The lowest BCUT2D eigenvalue weighted by Crippen LogP contribution is -2.52. The lowest BCUT2D eigenvalue weighted by Gasteiger charge is -2.34. The molecule has 0 bridgehead atoms. The van der Waals surface area contributed by atoms with Gasteiger partial charge in [-0.3, -0.25) is 4.79 Å². The molecule has 1 aromatic carbocycles. The van der Waals surface area contributed by atoms with Gasteiger partial charge in [0.1, 0.15) is 0 Å². The minimum atomic E-state index is 0.286. The summed E-state index contributed by atoms with van der Waals surface area (Å²) in [4.78, 5) is 15.4. The van der Waals surface area contributed by atoms with Crippen LogP contribution in [-0.4, -0.2) is 42.2 Å². The highest BCUT2D eigenvalue weighted by atomic mass is 32.2. The van der Waals surface area contributed by atoms with Crippen molar-refractivity contribution in [3.05, 3.63) is 29.8 Å². The Bertz CT molecular complexity index is 419. The summed E-state index contributed by atoms with van der Waals surface area (Å²) in [6, 6.07) is 8.80. The molecular formula is C15H22N2OS. The van der Waals surface area contributed by atoms with Crippen LogP contribution in [0.4, 0.5) is 0 Å². The Morgan fingerprint density at radius 1 is 1.42 bits per heavy atom. The Labute approximate surface area is 119 Å². The molecule has 0 saturated carbocycles. The predicted octanol–water partition coefficient (Wildman–Crippen LogP) is 2.30. The zero-order valence-corrected chi connectivity index (χ0v) is 12.5. The monoisotopic (exact) mass is 278 g/mol. The van der Waals surface area contributed by atoms with E-state index in [9.17, 15) is 4.79 Å². The minimum absolute atomic E-state index is 0.286. The van der Waals surface area contributed by atoms with Gasteiger partial charge in [-0.05, 0) is 26.0 Å². The number of rotatable bonds is 4. The van der Waals surface area contributed by atoms with E-state index in [0.29, 0.717) is 12.5 Å². The fourth-order valence-electron chi connectivity index (χ4n) is 2.25. The van der Waals surface area contributed by atoms with Crippen LogP contribution >= 0.6 is 11.8 Å². The zero-order valence-electron chi connectivity index (χ0n) is 11.7. The molecule has 1 heterocycles. The Morgan fingerprint density at radius 3 is 2.84 bits per heavy atom. The summed E-state index contributed by atoms with van der Waals surface area (Å²) in [7, 11) is 0. The number of aryl methyl sites for hydroxylation is 1. The van der Waals surface area contributed by atoms with Crippen LogP contribution in [0.2, 0.25) is 0 Å². The largest absolute Gasteiger partial charge is 0.337 e. The molecule has 3 nitrogen and oxygen atoms in total. The summed E-state index contributed by atoms with van der Waals surface area (Å²) in [5.41, 5.74) is 1.27. The second kappa shape index (κ2) is 6.96. The zero-order chi connectivity index (χ0) is 13.7. The molecule has 1 amide bonds. The molecule has 1 aliphatic rings. The van der Waals surface area contributed by atoms with Crippen molar-refractivity contribution in [1.82, 2.24) is 10.2 Å². The first-order chi connectivity index (χ1) is 9.16. The summed E-state index contributed by atoms with van der Waals surface area (Å²) < 4.78 is 0. The summed E-state index contributed by atoms with van der Waals surface area (Å²) >= 11 is 1.76. The number of hydrogen-bond donors (Lipinski definition) is 1. The van der Waals surface area contributed by atoms with Crippen molar-refractivity contribution in [3.8, 4) is 0 Å². The van der Waals surface area contributed by atoms with Gasteiger partial charge in [-0.25, -0.2) is 0 Å². The molecule has 1 atom stereocenters. The first kappa shape index (κ1) is 14.4. The average Bonchev–Trinajstić information content (AvgIpc) is 2.41. The Kier molecular flexibility index (Phi) is 5.28. The van der Waals surface area contributed by atoms with Gasteiger partial charge < -0.3 is 10.2 Å². The van der Waals surface area contributed by atoms with E-state index in [4.69, 9.17) is 0 Å². The van der Waals surface area contributed by atoms with Crippen molar-refractivity contribution in [2.45, 2.75) is 31.2 Å². The summed E-state index contributed by atoms with van der Waals surface area (Å²) in [5, 5.41) is 3.31. The van der Waals surface area contributed by atoms with E-state index in [0.717, 1.165) is 25.4 Å². The van der Waals surface area contributed by atoms with Gasteiger partial charge in [0.05, 0.1) is 0 Å². The number of amides is 1. The normalized spacial score (nSPS) is 19.5. The number of benzene rings is 1. The van der Waals surface area contributed by atoms with E-state index >= 15 is 0 Å². The molecule has 2 rings (SSSR count). The predicted molar refractivity (Wildman–Crippen MR) is 80.6 cm³/mol. The molecule has 104 valence electrons. The average molecular weight is 278 g/mol. The van der Waals surface area contributed by atoms with Crippen LogP contribution in [0.25, 0.3) is 0 Å². The van der Waals surface area contributed by atoms with Crippen LogP contribution in [0, 0.1) is 6.92 Å². The van der Waals surface area contributed by atoms with Gasteiger partial charge in [-0.15, -0.1) is 11.8 Å². The highest BCUT2D eigenvalue weighted by molar-refractivity contribution is 7.99. The van der Waals surface area contributed by atoms with E-state index in [2.05, 4.69) is 43.4 Å².